The molecule has 0 aliphatic carbocycles. The van der Waals surface area contributed by atoms with Crippen molar-refractivity contribution in [3.05, 3.63) is 54.5 Å². The highest BCUT2D eigenvalue weighted by molar-refractivity contribution is 7.89. The zero-order valence-corrected chi connectivity index (χ0v) is 13.6. The van der Waals surface area contributed by atoms with Crippen molar-refractivity contribution in [1.82, 2.24) is 19.5 Å². The van der Waals surface area contributed by atoms with Crippen LogP contribution in [0, 0.1) is 6.92 Å². The van der Waals surface area contributed by atoms with Gasteiger partial charge in [-0.25, -0.2) is 13.1 Å². The summed E-state index contributed by atoms with van der Waals surface area (Å²) in [7, 11) is -3.58. The third-order valence-corrected chi connectivity index (χ3v) is 5.15. The van der Waals surface area contributed by atoms with Crippen molar-refractivity contribution in [3.8, 4) is 0 Å². The predicted molar refractivity (Wildman–Crippen MR) is 88.5 cm³/mol. The molecule has 0 aliphatic heterocycles. The monoisotopic (exact) mass is 330 g/mol. The van der Waals surface area contributed by atoms with Crippen LogP contribution in [0.25, 0.3) is 10.9 Å². The number of pyridine rings is 1. The van der Waals surface area contributed by atoms with Crippen molar-refractivity contribution >= 4 is 20.9 Å². The Morgan fingerprint density at radius 3 is 2.74 bits per heavy atom. The van der Waals surface area contributed by atoms with Crippen LogP contribution < -0.4 is 4.72 Å². The van der Waals surface area contributed by atoms with E-state index in [4.69, 9.17) is 0 Å². The number of para-hydroxylation sites is 1. The van der Waals surface area contributed by atoms with Gasteiger partial charge in [0, 0.05) is 36.6 Å². The number of nitrogens with one attached hydrogen (secondary N) is 1. The Labute approximate surface area is 135 Å². The van der Waals surface area contributed by atoms with E-state index < -0.39 is 10.0 Å². The standard InChI is InChI=1S/C16H18N4O2S/c1-13-8-11-18-20(13)12-4-10-19-23(21,22)15-7-2-5-14-6-3-9-17-16(14)15/h2-3,5-9,11,19H,4,10,12H2,1H3. The second kappa shape index (κ2) is 6.47. The maximum Gasteiger partial charge on any atom is 0.242 e. The molecule has 2 heterocycles. The molecule has 1 aromatic carbocycles. The number of benzene rings is 1. The zero-order chi connectivity index (χ0) is 16.3. The first-order chi connectivity index (χ1) is 11.1. The summed E-state index contributed by atoms with van der Waals surface area (Å²) in [5.41, 5.74) is 1.55. The van der Waals surface area contributed by atoms with Gasteiger partial charge in [-0.05, 0) is 31.5 Å². The third-order valence-electron chi connectivity index (χ3n) is 3.65. The molecule has 0 spiro atoms. The number of aryl methyl sites for hydroxylation is 2. The number of nitrogens with zero attached hydrogens (tertiary/aromatic N) is 3. The zero-order valence-electron chi connectivity index (χ0n) is 12.8. The highest BCUT2D eigenvalue weighted by Gasteiger charge is 2.17. The minimum Gasteiger partial charge on any atom is -0.270 e. The summed E-state index contributed by atoms with van der Waals surface area (Å²) in [6, 6.07) is 10.7. The van der Waals surface area contributed by atoms with Crippen LogP contribution in [0.3, 0.4) is 0 Å². The van der Waals surface area contributed by atoms with E-state index in [1.165, 1.54) is 0 Å². The van der Waals surface area contributed by atoms with Gasteiger partial charge in [0.05, 0.1) is 5.52 Å². The van der Waals surface area contributed by atoms with E-state index in [1.54, 1.807) is 30.6 Å². The third kappa shape index (κ3) is 3.40. The molecule has 3 aromatic rings. The average Bonchev–Trinajstić information content (AvgIpc) is 2.96. The molecule has 6 nitrogen and oxygen atoms in total. The van der Waals surface area contributed by atoms with Gasteiger partial charge in [0.25, 0.3) is 0 Å². The summed E-state index contributed by atoms with van der Waals surface area (Å²) in [5.74, 6) is 0. The summed E-state index contributed by atoms with van der Waals surface area (Å²) in [6.07, 6.45) is 4.00. The van der Waals surface area contributed by atoms with E-state index in [9.17, 15) is 8.42 Å². The number of hydrogen-bond donors (Lipinski definition) is 1. The fourth-order valence-corrected chi connectivity index (χ4v) is 3.69. The topological polar surface area (TPSA) is 76.9 Å². The molecule has 0 saturated heterocycles. The van der Waals surface area contributed by atoms with Gasteiger partial charge in [0.1, 0.15) is 4.90 Å². The van der Waals surface area contributed by atoms with Crippen molar-refractivity contribution < 1.29 is 8.42 Å². The summed E-state index contributed by atoms with van der Waals surface area (Å²) < 4.78 is 29.5. The number of rotatable bonds is 6. The Hall–Kier alpha value is -2.25. The van der Waals surface area contributed by atoms with Gasteiger partial charge in [-0.1, -0.05) is 18.2 Å². The normalized spacial score (nSPS) is 11.9. The molecule has 23 heavy (non-hydrogen) atoms. The largest absolute Gasteiger partial charge is 0.270 e. The molecule has 0 aliphatic rings. The summed E-state index contributed by atoms with van der Waals surface area (Å²) in [4.78, 5) is 4.41. The van der Waals surface area contributed by atoms with Crippen molar-refractivity contribution in [2.75, 3.05) is 6.54 Å². The highest BCUT2D eigenvalue weighted by Crippen LogP contribution is 2.20. The van der Waals surface area contributed by atoms with E-state index in [0.29, 0.717) is 25.0 Å². The van der Waals surface area contributed by atoms with E-state index in [2.05, 4.69) is 14.8 Å². The molecule has 1 N–H and O–H groups in total. The van der Waals surface area contributed by atoms with Crippen molar-refractivity contribution in [2.24, 2.45) is 0 Å². The first-order valence-electron chi connectivity index (χ1n) is 7.40. The lowest BCUT2D eigenvalue weighted by molar-refractivity contribution is 0.546. The fraction of sp³-hybridized carbons (Fsp3) is 0.250. The molecule has 0 fully saturated rings. The first-order valence-corrected chi connectivity index (χ1v) is 8.88. The molecule has 7 heteroatoms. The van der Waals surface area contributed by atoms with E-state index in [1.807, 2.05) is 29.8 Å². The molecule has 2 aromatic heterocycles. The maximum absolute atomic E-state index is 12.5. The lowest BCUT2D eigenvalue weighted by atomic mass is 10.2. The summed E-state index contributed by atoms with van der Waals surface area (Å²) in [5, 5.41) is 4.99. The van der Waals surface area contributed by atoms with Crippen molar-refractivity contribution in [3.63, 3.8) is 0 Å². The predicted octanol–water partition coefficient (Wildman–Crippen LogP) is 2.11. The van der Waals surface area contributed by atoms with Crippen LogP contribution in [0.2, 0.25) is 0 Å². The van der Waals surface area contributed by atoms with Gasteiger partial charge in [0.15, 0.2) is 0 Å². The number of hydrogen-bond acceptors (Lipinski definition) is 4. The number of sulfonamides is 1. The van der Waals surface area contributed by atoms with Gasteiger partial charge >= 0.3 is 0 Å². The van der Waals surface area contributed by atoms with E-state index in [0.717, 1.165) is 11.1 Å². The minimum absolute atomic E-state index is 0.214. The maximum atomic E-state index is 12.5. The fourth-order valence-electron chi connectivity index (χ4n) is 2.44. The molecule has 0 radical (unpaired) electrons. The van der Waals surface area contributed by atoms with Crippen LogP contribution in [0.4, 0.5) is 0 Å². The van der Waals surface area contributed by atoms with Gasteiger partial charge in [-0.15, -0.1) is 0 Å². The van der Waals surface area contributed by atoms with E-state index in [-0.39, 0.29) is 4.90 Å². The van der Waals surface area contributed by atoms with Crippen LogP contribution in [-0.4, -0.2) is 29.7 Å². The second-order valence-corrected chi connectivity index (χ2v) is 7.01. The van der Waals surface area contributed by atoms with E-state index >= 15 is 0 Å². The lowest BCUT2D eigenvalue weighted by Gasteiger charge is -2.09. The molecular formula is C16H18N4O2S. The van der Waals surface area contributed by atoms with Crippen LogP contribution in [-0.2, 0) is 16.6 Å². The quantitative estimate of drug-likeness (QED) is 0.702. The summed E-state index contributed by atoms with van der Waals surface area (Å²) >= 11 is 0. The Morgan fingerprint density at radius 1 is 1.13 bits per heavy atom. The van der Waals surface area contributed by atoms with Crippen molar-refractivity contribution in [1.29, 1.82) is 0 Å². The SMILES string of the molecule is Cc1ccnn1CCCNS(=O)(=O)c1cccc2cccnc12. The number of fused-ring (bicyclic) bond motifs is 1. The Balaban J connectivity index is 1.70. The second-order valence-electron chi connectivity index (χ2n) is 5.28. The van der Waals surface area contributed by atoms with Crippen LogP contribution >= 0.6 is 0 Å². The van der Waals surface area contributed by atoms with Gasteiger partial charge in [0.2, 0.25) is 10.0 Å². The average molecular weight is 330 g/mol. The molecule has 0 atom stereocenters. The van der Waals surface area contributed by atoms with Crippen LogP contribution in [0.15, 0.2) is 53.7 Å². The smallest absolute Gasteiger partial charge is 0.242 e. The molecule has 0 bridgehead atoms. The first kappa shape index (κ1) is 15.6. The Bertz CT molecular complexity index is 913. The van der Waals surface area contributed by atoms with Gasteiger partial charge in [-0.3, -0.25) is 9.67 Å². The minimum atomic E-state index is -3.58. The molecule has 0 unspecified atom stereocenters. The van der Waals surface area contributed by atoms with Gasteiger partial charge in [-0.2, -0.15) is 5.10 Å². The molecule has 120 valence electrons. The Morgan fingerprint density at radius 2 is 1.96 bits per heavy atom. The summed E-state index contributed by atoms with van der Waals surface area (Å²) in [6.45, 7) is 3.00. The molecule has 3 rings (SSSR count). The van der Waals surface area contributed by atoms with Crippen LogP contribution in [0.1, 0.15) is 12.1 Å². The van der Waals surface area contributed by atoms with Crippen LogP contribution in [0.5, 0.6) is 0 Å². The molecule has 0 saturated carbocycles. The number of aromatic nitrogens is 3. The van der Waals surface area contributed by atoms with Gasteiger partial charge < -0.3 is 0 Å². The Kier molecular flexibility index (Phi) is 4.40. The molecule has 0 amide bonds. The lowest BCUT2D eigenvalue weighted by Crippen LogP contribution is -2.26. The highest BCUT2D eigenvalue weighted by atomic mass is 32.2. The molecular weight excluding hydrogens is 312 g/mol. The van der Waals surface area contributed by atoms with Crippen molar-refractivity contribution in [2.45, 2.75) is 24.8 Å².